The summed E-state index contributed by atoms with van der Waals surface area (Å²) in [5, 5.41) is 2.36. The van der Waals surface area contributed by atoms with E-state index in [2.05, 4.69) is 130 Å². The zero-order valence-corrected chi connectivity index (χ0v) is 34.2. The lowest BCUT2D eigenvalue weighted by molar-refractivity contribution is 0.116. The minimum atomic E-state index is -0.120. The van der Waals surface area contributed by atoms with Gasteiger partial charge in [0, 0.05) is 58.6 Å². The molecule has 6 nitrogen and oxygen atoms in total. The summed E-state index contributed by atoms with van der Waals surface area (Å²) in [5.74, 6) is 5.18. The second-order valence-corrected chi connectivity index (χ2v) is 19.2. The van der Waals surface area contributed by atoms with E-state index in [1.54, 1.807) is 0 Å². The van der Waals surface area contributed by atoms with Crippen LogP contribution in [-0.2, 0) is 17.4 Å². The van der Waals surface area contributed by atoms with Gasteiger partial charge in [-0.25, -0.2) is 9.97 Å². The highest BCUT2D eigenvalue weighted by atomic mass is 16.4. The molecule has 56 heavy (non-hydrogen) atoms. The fourth-order valence-corrected chi connectivity index (χ4v) is 13.6. The van der Waals surface area contributed by atoms with Gasteiger partial charge in [0.2, 0.25) is 11.4 Å². The number of aromatic nitrogens is 2. The summed E-state index contributed by atoms with van der Waals surface area (Å²) < 4.78 is 13.6. The quantitative estimate of drug-likeness (QED) is 0.162. The Kier molecular flexibility index (Phi) is 7.41. The van der Waals surface area contributed by atoms with Gasteiger partial charge in [0.15, 0.2) is 0 Å². The fraction of sp³-hybridized carbons (Fsp3) is 0.480. The van der Waals surface area contributed by atoms with Gasteiger partial charge in [0.25, 0.3) is 0 Å². The molecule has 4 saturated carbocycles. The Morgan fingerprint density at radius 3 is 2.34 bits per heavy atom. The second kappa shape index (κ2) is 12.0. The van der Waals surface area contributed by atoms with Gasteiger partial charge in [-0.2, -0.15) is 0 Å². The van der Waals surface area contributed by atoms with Crippen LogP contribution in [0.15, 0.2) is 88.0 Å². The van der Waals surface area contributed by atoms with E-state index < -0.39 is 0 Å². The predicted octanol–water partition coefficient (Wildman–Crippen LogP) is 12.3. The molecule has 0 N–H and O–H groups in total. The van der Waals surface area contributed by atoms with E-state index in [9.17, 15) is 0 Å². The molecule has 2 aromatic carbocycles. The number of nitrogens with zero attached hydrogens (tertiary/aromatic N) is 4. The molecular weight excluding hydrogens is 689 g/mol. The van der Waals surface area contributed by atoms with Gasteiger partial charge in [-0.05, 0) is 141 Å². The van der Waals surface area contributed by atoms with Crippen LogP contribution in [0.3, 0.4) is 0 Å². The standard InChI is InChI=1S/C50H56N4O2/c1-8-41-42(35-16-12-22-51-46(35)55-41)31(4)53-28-49(7,48(5,6)37-18-11-15-30(3)44(37)53)21-20-40-43-36-17-13-23-52-47(36)56-45(43)50(54(40)39-19-10-9-14-29(39)2)34-25-32-24-33(27-34)38(50)26-32/h9-19,22-23,31-34,38,40H,8,20-21,24-28H2,1-7H3/t31-,32?,33?,34?,38?,40?,49?,50?/m0/s1. The normalized spacial score (nSPS) is 30.2. The van der Waals surface area contributed by atoms with E-state index in [1.165, 1.54) is 76.0 Å². The van der Waals surface area contributed by atoms with E-state index in [1.807, 2.05) is 12.4 Å². The Balaban J connectivity index is 1.05. The van der Waals surface area contributed by atoms with Crippen molar-refractivity contribution in [2.24, 2.45) is 29.1 Å². The van der Waals surface area contributed by atoms with Crippen molar-refractivity contribution < 1.29 is 8.83 Å². The Bertz CT molecular complexity index is 2530. The number of rotatable bonds is 7. The molecule has 2 aliphatic heterocycles. The Morgan fingerprint density at radius 2 is 1.57 bits per heavy atom. The zero-order chi connectivity index (χ0) is 38.3. The fourth-order valence-electron chi connectivity index (χ4n) is 13.6. The molecular formula is C50H56N4O2. The monoisotopic (exact) mass is 744 g/mol. The summed E-state index contributed by atoms with van der Waals surface area (Å²) in [6, 6.07) is 25.2. The summed E-state index contributed by atoms with van der Waals surface area (Å²) in [5.41, 5.74) is 11.0. The molecule has 6 aromatic rings. The molecule has 8 atom stereocenters. The maximum Gasteiger partial charge on any atom is 0.226 e. The number of pyridine rings is 2. The van der Waals surface area contributed by atoms with E-state index >= 15 is 0 Å². The zero-order valence-electron chi connectivity index (χ0n) is 34.2. The average Bonchev–Trinajstić information content (AvgIpc) is 3.96. The Labute approximate surface area is 331 Å². The van der Waals surface area contributed by atoms with Crippen LogP contribution in [0, 0.1) is 42.9 Å². The number of hydrogen-bond donors (Lipinski definition) is 0. The van der Waals surface area contributed by atoms with Crippen molar-refractivity contribution in [3.63, 3.8) is 0 Å². The number of benzene rings is 2. The summed E-state index contributed by atoms with van der Waals surface area (Å²) in [6.45, 7) is 17.8. The molecule has 1 spiro atoms. The predicted molar refractivity (Wildman–Crippen MR) is 225 cm³/mol. The molecule has 6 heteroatoms. The van der Waals surface area contributed by atoms with Crippen molar-refractivity contribution in [3.8, 4) is 0 Å². The van der Waals surface area contributed by atoms with Crippen molar-refractivity contribution in [1.29, 1.82) is 0 Å². The Morgan fingerprint density at radius 1 is 0.821 bits per heavy atom. The molecule has 4 fully saturated rings. The van der Waals surface area contributed by atoms with Crippen molar-refractivity contribution in [2.45, 2.75) is 116 Å². The van der Waals surface area contributed by atoms with Crippen LogP contribution in [0.4, 0.5) is 11.4 Å². The molecule has 0 radical (unpaired) electrons. The van der Waals surface area contributed by atoms with Gasteiger partial charge in [0.05, 0.1) is 12.1 Å². The van der Waals surface area contributed by atoms with Crippen molar-refractivity contribution in [1.82, 2.24) is 9.97 Å². The summed E-state index contributed by atoms with van der Waals surface area (Å²) in [4.78, 5) is 15.2. The third kappa shape index (κ3) is 4.39. The summed E-state index contributed by atoms with van der Waals surface area (Å²) in [6.07, 6.45) is 12.1. The summed E-state index contributed by atoms with van der Waals surface area (Å²) >= 11 is 0. The molecule has 6 heterocycles. The lowest BCUT2D eigenvalue weighted by atomic mass is 9.57. The van der Waals surface area contributed by atoms with Crippen LogP contribution in [0.25, 0.3) is 22.2 Å². The van der Waals surface area contributed by atoms with E-state index in [-0.39, 0.29) is 28.5 Å². The molecule has 4 aliphatic carbocycles. The molecule has 7 unspecified atom stereocenters. The highest BCUT2D eigenvalue weighted by Gasteiger charge is 2.71. The van der Waals surface area contributed by atoms with Crippen molar-refractivity contribution >= 4 is 33.6 Å². The van der Waals surface area contributed by atoms with Crippen molar-refractivity contribution in [2.75, 3.05) is 16.3 Å². The molecule has 0 saturated heterocycles. The number of furan rings is 2. The third-order valence-corrected chi connectivity index (χ3v) is 16.5. The van der Waals surface area contributed by atoms with Crippen LogP contribution in [-0.4, -0.2) is 16.5 Å². The van der Waals surface area contributed by atoms with Gasteiger partial charge >= 0.3 is 0 Å². The second-order valence-electron chi connectivity index (χ2n) is 19.2. The number of anilines is 2. The van der Waals surface area contributed by atoms with Crippen LogP contribution in [0.1, 0.15) is 125 Å². The molecule has 4 aromatic heterocycles. The molecule has 6 aliphatic rings. The molecule has 0 amide bonds. The number of aryl methyl sites for hydroxylation is 3. The van der Waals surface area contributed by atoms with Crippen LogP contribution in [0.5, 0.6) is 0 Å². The maximum atomic E-state index is 7.16. The SMILES string of the molecule is CCc1oc2ncccc2c1[C@H](C)N1CC(C)(CCC2c3c(oc4ncccc34)C3(C4CC5CC(C4)C3C5)N2c2ccccc2C)C(C)(C)c2cccc(C)c21. The third-order valence-electron chi connectivity index (χ3n) is 16.5. The van der Waals surface area contributed by atoms with Crippen molar-refractivity contribution in [3.05, 3.63) is 118 Å². The average molecular weight is 745 g/mol. The molecule has 4 bridgehead atoms. The highest BCUT2D eigenvalue weighted by Crippen LogP contribution is 2.74. The first kappa shape index (κ1) is 34.7. The summed E-state index contributed by atoms with van der Waals surface area (Å²) in [7, 11) is 0. The maximum absolute atomic E-state index is 7.16. The first-order valence-corrected chi connectivity index (χ1v) is 21.5. The number of para-hydroxylation sites is 2. The smallest absolute Gasteiger partial charge is 0.226 e. The minimum absolute atomic E-state index is 0.0511. The van der Waals surface area contributed by atoms with Gasteiger partial charge in [-0.15, -0.1) is 0 Å². The lowest BCUT2D eigenvalue weighted by Gasteiger charge is -2.56. The lowest BCUT2D eigenvalue weighted by Crippen LogP contribution is -2.54. The largest absolute Gasteiger partial charge is 0.442 e. The van der Waals surface area contributed by atoms with Gasteiger partial charge < -0.3 is 18.6 Å². The van der Waals surface area contributed by atoms with E-state index in [4.69, 9.17) is 13.8 Å². The van der Waals surface area contributed by atoms with Gasteiger partial charge in [-0.3, -0.25) is 0 Å². The van der Waals surface area contributed by atoms with Gasteiger partial charge in [-0.1, -0.05) is 64.1 Å². The first-order chi connectivity index (χ1) is 27.1. The Hall–Kier alpha value is -4.58. The van der Waals surface area contributed by atoms with E-state index in [0.717, 1.165) is 60.2 Å². The van der Waals surface area contributed by atoms with Gasteiger partial charge in [0.1, 0.15) is 17.1 Å². The van der Waals surface area contributed by atoms with E-state index in [0.29, 0.717) is 11.8 Å². The first-order valence-electron chi connectivity index (χ1n) is 21.5. The minimum Gasteiger partial charge on any atom is -0.442 e. The molecule has 288 valence electrons. The molecule has 12 rings (SSSR count). The number of hydrogen-bond acceptors (Lipinski definition) is 6. The van der Waals surface area contributed by atoms with Crippen LogP contribution in [0.2, 0.25) is 0 Å². The highest BCUT2D eigenvalue weighted by molar-refractivity contribution is 5.84. The van der Waals surface area contributed by atoms with Crippen LogP contribution >= 0.6 is 0 Å². The van der Waals surface area contributed by atoms with Crippen LogP contribution < -0.4 is 9.80 Å². The number of fused-ring (bicyclic) bond motifs is 5. The topological polar surface area (TPSA) is 58.5 Å².